The summed E-state index contributed by atoms with van der Waals surface area (Å²) in [4.78, 5) is 3.66. The summed E-state index contributed by atoms with van der Waals surface area (Å²) in [7, 11) is 1.32. The van der Waals surface area contributed by atoms with Crippen LogP contribution in [-0.4, -0.2) is 18.5 Å². The lowest BCUT2D eigenvalue weighted by Crippen LogP contribution is -2.18. The average Bonchev–Trinajstić information content (AvgIpc) is 2.23. The highest BCUT2D eigenvalue weighted by molar-refractivity contribution is 14.1. The largest absolute Gasteiger partial charge is 0.573 e. The third-order valence-corrected chi connectivity index (χ3v) is 2.90. The molecule has 0 aliphatic heterocycles. The molecule has 0 amide bonds. The van der Waals surface area contributed by atoms with E-state index in [0.717, 1.165) is 6.20 Å². The van der Waals surface area contributed by atoms with Crippen molar-refractivity contribution in [1.82, 2.24) is 4.98 Å². The van der Waals surface area contributed by atoms with Gasteiger partial charge in [-0.15, -0.1) is 13.2 Å². The summed E-state index contributed by atoms with van der Waals surface area (Å²) >= 11 is 1.66. The van der Waals surface area contributed by atoms with E-state index in [4.69, 9.17) is 10.00 Å². The van der Waals surface area contributed by atoms with Gasteiger partial charge in [0.25, 0.3) is 0 Å². The molecule has 0 N–H and O–H groups in total. The summed E-state index contributed by atoms with van der Waals surface area (Å²) in [6.45, 7) is 0. The Morgan fingerprint density at radius 3 is 2.65 bits per heavy atom. The Balaban J connectivity index is 3.19. The van der Waals surface area contributed by atoms with Crippen LogP contribution in [0.1, 0.15) is 5.56 Å². The van der Waals surface area contributed by atoms with Crippen LogP contribution in [0.3, 0.4) is 0 Å². The van der Waals surface area contributed by atoms with Crippen molar-refractivity contribution in [3.05, 3.63) is 15.3 Å². The van der Waals surface area contributed by atoms with Crippen molar-refractivity contribution in [1.29, 1.82) is 5.26 Å². The Labute approximate surface area is 108 Å². The number of hydrogen-bond donors (Lipinski definition) is 0. The Bertz CT molecular complexity index is 457. The molecule has 17 heavy (non-hydrogen) atoms. The highest BCUT2D eigenvalue weighted by Gasteiger charge is 2.33. The first-order valence-electron chi connectivity index (χ1n) is 4.23. The number of hydrogen-bond acceptors (Lipinski definition) is 4. The lowest BCUT2D eigenvalue weighted by Gasteiger charge is -2.13. The second-order valence-electron chi connectivity index (χ2n) is 2.81. The van der Waals surface area contributed by atoms with Crippen LogP contribution in [0, 0.1) is 14.9 Å². The topological polar surface area (TPSA) is 55.1 Å². The first-order chi connectivity index (χ1) is 7.89. The molecular weight excluding hydrogens is 352 g/mol. The maximum atomic E-state index is 12.1. The molecule has 0 unspecified atom stereocenters. The lowest BCUT2D eigenvalue weighted by molar-refractivity contribution is -0.275. The van der Waals surface area contributed by atoms with Gasteiger partial charge in [-0.1, -0.05) is 0 Å². The van der Waals surface area contributed by atoms with Crippen LogP contribution in [0.25, 0.3) is 0 Å². The number of methoxy groups -OCH3 is 1. The van der Waals surface area contributed by atoms with Crippen LogP contribution in [0.15, 0.2) is 6.20 Å². The number of ether oxygens (including phenoxy) is 2. The summed E-state index contributed by atoms with van der Waals surface area (Å²) in [5.41, 5.74) is 0.275. The van der Waals surface area contributed by atoms with Gasteiger partial charge >= 0.3 is 6.36 Å². The Morgan fingerprint density at radius 1 is 1.53 bits per heavy atom. The minimum Gasteiger partial charge on any atom is -0.481 e. The van der Waals surface area contributed by atoms with Gasteiger partial charge in [0.1, 0.15) is 0 Å². The molecule has 0 saturated carbocycles. The van der Waals surface area contributed by atoms with Crippen LogP contribution in [0.4, 0.5) is 13.2 Å². The van der Waals surface area contributed by atoms with Gasteiger partial charge in [0, 0.05) is 5.56 Å². The monoisotopic (exact) mass is 358 g/mol. The van der Waals surface area contributed by atoms with Crippen LogP contribution >= 0.6 is 22.6 Å². The Hall–Kier alpha value is -1.24. The van der Waals surface area contributed by atoms with Gasteiger partial charge in [-0.2, -0.15) is 5.26 Å². The van der Waals surface area contributed by atoms with E-state index in [1.807, 2.05) is 6.07 Å². The van der Waals surface area contributed by atoms with Gasteiger partial charge in [0.05, 0.1) is 29.4 Å². The molecule has 1 rings (SSSR count). The predicted octanol–water partition coefficient (Wildman–Crippen LogP) is 2.66. The number of halogens is 4. The van der Waals surface area contributed by atoms with Gasteiger partial charge in [-0.3, -0.25) is 0 Å². The van der Waals surface area contributed by atoms with Gasteiger partial charge in [0.15, 0.2) is 5.75 Å². The SMILES string of the molecule is COc1ncc(OC(F)(F)F)c(I)c1CC#N. The first-order valence-corrected chi connectivity index (χ1v) is 5.31. The van der Waals surface area contributed by atoms with Gasteiger partial charge in [-0.05, 0) is 22.6 Å². The van der Waals surface area contributed by atoms with Crippen molar-refractivity contribution in [2.24, 2.45) is 0 Å². The molecule has 0 fully saturated rings. The van der Waals surface area contributed by atoms with E-state index < -0.39 is 12.1 Å². The molecule has 0 radical (unpaired) electrons. The van der Waals surface area contributed by atoms with Gasteiger partial charge < -0.3 is 9.47 Å². The summed E-state index contributed by atoms with van der Waals surface area (Å²) < 4.78 is 45.0. The summed E-state index contributed by atoms with van der Waals surface area (Å²) in [5, 5.41) is 8.59. The third kappa shape index (κ3) is 3.62. The fourth-order valence-corrected chi connectivity index (χ4v) is 1.77. The summed E-state index contributed by atoms with van der Waals surface area (Å²) in [6.07, 6.45) is -3.99. The van der Waals surface area contributed by atoms with Crippen molar-refractivity contribution in [2.75, 3.05) is 7.11 Å². The number of nitriles is 1. The molecule has 0 spiro atoms. The highest BCUT2D eigenvalue weighted by atomic mass is 127. The maximum Gasteiger partial charge on any atom is 0.573 e. The minimum absolute atomic E-state index is 0.108. The quantitative estimate of drug-likeness (QED) is 0.780. The molecular formula is C9H6F3IN2O2. The molecule has 0 aliphatic rings. The molecule has 0 saturated heterocycles. The molecule has 1 aromatic heterocycles. The Kier molecular flexibility index (Phi) is 4.39. The number of aromatic nitrogens is 1. The minimum atomic E-state index is -4.79. The van der Waals surface area contributed by atoms with Crippen molar-refractivity contribution < 1.29 is 22.6 Å². The van der Waals surface area contributed by atoms with Crippen molar-refractivity contribution in [3.8, 4) is 17.7 Å². The average molecular weight is 358 g/mol. The van der Waals surface area contributed by atoms with Crippen LogP contribution < -0.4 is 9.47 Å². The number of nitrogens with zero attached hydrogens (tertiary/aromatic N) is 2. The zero-order valence-corrected chi connectivity index (χ0v) is 10.7. The number of pyridine rings is 1. The second kappa shape index (κ2) is 5.39. The van der Waals surface area contributed by atoms with E-state index in [-0.39, 0.29) is 21.4 Å². The van der Waals surface area contributed by atoms with Crippen molar-refractivity contribution in [2.45, 2.75) is 12.8 Å². The van der Waals surface area contributed by atoms with E-state index >= 15 is 0 Å². The molecule has 1 aromatic rings. The summed E-state index contributed by atoms with van der Waals surface area (Å²) in [6, 6.07) is 1.83. The molecule has 92 valence electrons. The molecule has 4 nitrogen and oxygen atoms in total. The fourth-order valence-electron chi connectivity index (χ4n) is 1.10. The smallest absolute Gasteiger partial charge is 0.481 e. The first kappa shape index (κ1) is 13.8. The van der Waals surface area contributed by atoms with Crippen LogP contribution in [0.5, 0.6) is 11.6 Å². The molecule has 1 heterocycles. The van der Waals surface area contributed by atoms with Gasteiger partial charge in [-0.25, -0.2) is 4.98 Å². The van der Waals surface area contributed by atoms with Crippen LogP contribution in [-0.2, 0) is 6.42 Å². The molecule has 0 aromatic carbocycles. The molecule has 8 heteroatoms. The zero-order chi connectivity index (χ0) is 13.1. The third-order valence-electron chi connectivity index (χ3n) is 1.71. The standard InChI is InChI=1S/C9H6F3IN2O2/c1-16-8-5(2-3-14)7(13)6(4-15-8)17-9(10,11)12/h4H,2H2,1H3. The van der Waals surface area contributed by atoms with E-state index in [2.05, 4.69) is 9.72 Å². The van der Waals surface area contributed by atoms with Crippen LogP contribution in [0.2, 0.25) is 0 Å². The van der Waals surface area contributed by atoms with E-state index in [9.17, 15) is 13.2 Å². The Morgan fingerprint density at radius 2 is 2.18 bits per heavy atom. The number of rotatable bonds is 3. The normalized spacial score (nSPS) is 10.8. The van der Waals surface area contributed by atoms with E-state index in [0.29, 0.717) is 0 Å². The number of alkyl halides is 3. The van der Waals surface area contributed by atoms with Crippen molar-refractivity contribution in [3.63, 3.8) is 0 Å². The van der Waals surface area contributed by atoms with E-state index in [1.54, 1.807) is 22.6 Å². The maximum absolute atomic E-state index is 12.1. The zero-order valence-electron chi connectivity index (χ0n) is 8.51. The van der Waals surface area contributed by atoms with Crippen molar-refractivity contribution >= 4 is 22.6 Å². The summed E-state index contributed by atoms with van der Waals surface area (Å²) in [5.74, 6) is -0.324. The molecule has 0 atom stereocenters. The highest BCUT2D eigenvalue weighted by Crippen LogP contribution is 2.33. The fraction of sp³-hybridized carbons (Fsp3) is 0.333. The predicted molar refractivity (Wildman–Crippen MR) is 59.5 cm³/mol. The molecule has 0 aliphatic carbocycles. The van der Waals surface area contributed by atoms with Gasteiger partial charge in [0.2, 0.25) is 5.88 Å². The molecule has 0 bridgehead atoms. The second-order valence-corrected chi connectivity index (χ2v) is 3.89. The lowest BCUT2D eigenvalue weighted by atomic mass is 10.2. The van der Waals surface area contributed by atoms with E-state index in [1.165, 1.54) is 7.11 Å².